The highest BCUT2D eigenvalue weighted by atomic mass is 35.5. The lowest BCUT2D eigenvalue weighted by atomic mass is 10.1. The van der Waals surface area contributed by atoms with Gasteiger partial charge in [-0.15, -0.1) is 0 Å². The number of aryl methyl sites for hydroxylation is 1. The number of H-pyrrole nitrogens is 1. The molecule has 0 saturated carbocycles. The Bertz CT molecular complexity index is 1360. The highest BCUT2D eigenvalue weighted by Gasteiger charge is 2.24. The molecule has 41 heavy (non-hydrogen) atoms. The second kappa shape index (κ2) is 14.6. The highest BCUT2D eigenvalue weighted by molar-refractivity contribution is 6.30. The molecule has 0 fully saturated rings. The maximum Gasteiger partial charge on any atom is 0.323 e. The van der Waals surface area contributed by atoms with Crippen molar-refractivity contribution in [2.75, 3.05) is 18.5 Å². The zero-order valence-electron chi connectivity index (χ0n) is 23.9. The van der Waals surface area contributed by atoms with Crippen molar-refractivity contribution < 1.29 is 23.9 Å². The van der Waals surface area contributed by atoms with E-state index in [1.807, 2.05) is 27.7 Å². The average molecular weight is 585 g/mol. The quantitative estimate of drug-likeness (QED) is 0.216. The summed E-state index contributed by atoms with van der Waals surface area (Å²) in [6, 6.07) is 7.04. The third-order valence-electron chi connectivity index (χ3n) is 6.43. The first-order valence-electron chi connectivity index (χ1n) is 13.4. The lowest BCUT2D eigenvalue weighted by Crippen LogP contribution is -2.39. The minimum absolute atomic E-state index is 0.0956. The van der Waals surface area contributed by atoms with Crippen LogP contribution in [-0.4, -0.2) is 58.1 Å². The van der Waals surface area contributed by atoms with E-state index in [0.29, 0.717) is 34.2 Å². The van der Waals surface area contributed by atoms with E-state index in [2.05, 4.69) is 25.6 Å². The van der Waals surface area contributed by atoms with Gasteiger partial charge in [-0.1, -0.05) is 44.5 Å². The summed E-state index contributed by atoms with van der Waals surface area (Å²) in [4.78, 5) is 48.8. The molecule has 11 nitrogen and oxygen atoms in total. The van der Waals surface area contributed by atoms with Crippen molar-refractivity contribution in [2.24, 2.45) is 11.7 Å². The Morgan fingerprint density at radius 2 is 1.90 bits per heavy atom. The third kappa shape index (κ3) is 9.02. The van der Waals surface area contributed by atoms with Crippen molar-refractivity contribution in [1.82, 2.24) is 20.3 Å². The van der Waals surface area contributed by atoms with Gasteiger partial charge in [-0.25, -0.2) is 9.97 Å². The molecule has 0 radical (unpaired) electrons. The molecule has 3 rings (SSSR count). The van der Waals surface area contributed by atoms with Gasteiger partial charge in [0.1, 0.15) is 24.9 Å². The Kier molecular flexibility index (Phi) is 11.2. The number of anilines is 1. The summed E-state index contributed by atoms with van der Waals surface area (Å²) in [7, 11) is 0. The second-order valence-electron chi connectivity index (χ2n) is 10.1. The smallest absolute Gasteiger partial charge is 0.323 e. The summed E-state index contributed by atoms with van der Waals surface area (Å²) < 4.78 is 10.6. The summed E-state index contributed by atoms with van der Waals surface area (Å²) in [5, 5.41) is 6.58. The van der Waals surface area contributed by atoms with Crippen LogP contribution in [0.2, 0.25) is 5.02 Å². The summed E-state index contributed by atoms with van der Waals surface area (Å²) in [6.45, 7) is 8.92. The van der Waals surface area contributed by atoms with Crippen LogP contribution in [0.15, 0.2) is 42.7 Å². The van der Waals surface area contributed by atoms with Gasteiger partial charge in [0, 0.05) is 29.9 Å². The molecule has 0 aliphatic rings. The van der Waals surface area contributed by atoms with Crippen LogP contribution < -0.4 is 16.4 Å². The summed E-state index contributed by atoms with van der Waals surface area (Å²) >= 11 is 6.18. The Balaban J connectivity index is 1.77. The summed E-state index contributed by atoms with van der Waals surface area (Å²) in [5.41, 5.74) is 8.99. The molecular formula is C29H37ClN6O5. The molecule has 0 spiro atoms. The predicted octanol–water partition coefficient (Wildman–Crippen LogP) is 4.18. The van der Waals surface area contributed by atoms with Crippen molar-refractivity contribution in [3.8, 4) is 11.3 Å². The zero-order valence-corrected chi connectivity index (χ0v) is 24.6. The van der Waals surface area contributed by atoms with Crippen molar-refractivity contribution in [3.63, 3.8) is 0 Å². The highest BCUT2D eigenvalue weighted by Crippen LogP contribution is 2.24. The van der Waals surface area contributed by atoms with Gasteiger partial charge in [0.05, 0.1) is 17.8 Å². The van der Waals surface area contributed by atoms with Crippen LogP contribution in [0.25, 0.3) is 11.3 Å². The Morgan fingerprint density at radius 1 is 1.15 bits per heavy atom. The minimum atomic E-state index is -0.776. The minimum Gasteiger partial charge on any atom is -0.464 e. The molecule has 0 aliphatic carbocycles. The van der Waals surface area contributed by atoms with Crippen molar-refractivity contribution in [1.29, 1.82) is 0 Å². The Morgan fingerprint density at radius 3 is 2.56 bits per heavy atom. The van der Waals surface area contributed by atoms with E-state index in [1.54, 1.807) is 42.7 Å². The van der Waals surface area contributed by atoms with Gasteiger partial charge >= 0.3 is 11.9 Å². The van der Waals surface area contributed by atoms with Gasteiger partial charge in [-0.05, 0) is 48.6 Å². The first-order chi connectivity index (χ1) is 19.5. The molecule has 5 N–H and O–H groups in total. The summed E-state index contributed by atoms with van der Waals surface area (Å²) in [6.07, 6.45) is 4.06. The van der Waals surface area contributed by atoms with Crippen LogP contribution in [0.4, 0.5) is 5.95 Å². The van der Waals surface area contributed by atoms with Crippen molar-refractivity contribution in [2.45, 2.75) is 59.2 Å². The van der Waals surface area contributed by atoms with E-state index in [1.165, 1.54) is 6.92 Å². The first kappa shape index (κ1) is 31.6. The van der Waals surface area contributed by atoms with Gasteiger partial charge in [0.15, 0.2) is 0 Å². The average Bonchev–Trinajstić information content (AvgIpc) is 3.43. The molecule has 1 aromatic carbocycles. The maximum absolute atomic E-state index is 13.3. The number of amides is 1. The number of esters is 2. The lowest BCUT2D eigenvalue weighted by Gasteiger charge is -2.21. The molecule has 0 aliphatic heterocycles. The maximum atomic E-state index is 13.3. The molecule has 12 heteroatoms. The van der Waals surface area contributed by atoms with Crippen molar-refractivity contribution in [3.05, 3.63) is 64.6 Å². The van der Waals surface area contributed by atoms with Crippen molar-refractivity contribution >= 4 is 35.4 Å². The van der Waals surface area contributed by atoms with E-state index in [0.717, 1.165) is 5.56 Å². The van der Waals surface area contributed by atoms with E-state index in [4.69, 9.17) is 26.8 Å². The van der Waals surface area contributed by atoms with Gasteiger partial charge < -0.3 is 30.8 Å². The van der Waals surface area contributed by atoms with Crippen LogP contribution in [0.1, 0.15) is 61.8 Å². The molecule has 220 valence electrons. The SMILES string of the molecule is CC[C@H](COC(C)=O)Nc1ncc(C)c(-c2c[nH]c(C(=O)N[C@H](COC(=O)C(N)C(C)C)c3cccc(Cl)c3)c2)n1. The number of nitrogens with zero attached hydrogens (tertiary/aromatic N) is 2. The van der Waals surface area contributed by atoms with Gasteiger partial charge in [0.2, 0.25) is 5.95 Å². The van der Waals surface area contributed by atoms with Crippen LogP contribution in [-0.2, 0) is 19.1 Å². The fourth-order valence-corrected chi connectivity index (χ4v) is 4.04. The molecule has 0 saturated heterocycles. The normalized spacial score (nSPS) is 13.3. The zero-order chi connectivity index (χ0) is 30.1. The number of hydrogen-bond donors (Lipinski definition) is 4. The van der Waals surface area contributed by atoms with Gasteiger partial charge in [-0.2, -0.15) is 0 Å². The number of rotatable bonds is 13. The molecular weight excluding hydrogens is 548 g/mol. The van der Waals surface area contributed by atoms with E-state index < -0.39 is 24.0 Å². The molecule has 3 atom stereocenters. The fraction of sp³-hybridized carbons (Fsp3) is 0.414. The molecule has 2 aromatic heterocycles. The topological polar surface area (TPSA) is 161 Å². The number of benzene rings is 1. The molecule has 0 bridgehead atoms. The number of aromatic nitrogens is 3. The molecule has 1 amide bonds. The number of carbonyl (C=O) groups excluding carboxylic acids is 3. The number of halogens is 1. The standard InChI is InChI=1S/C29H37ClN6O5/c1-6-22(14-40-18(5)37)34-29-33-12-17(4)26(36-29)20-11-23(32-13-20)27(38)35-24(19-8-7-9-21(30)10-19)15-41-28(39)25(31)16(2)3/h7-13,16,22,24-25,32H,6,14-15,31H2,1-5H3,(H,35,38)(H,33,34,36)/t22-,24-,25?/m1/s1. The summed E-state index contributed by atoms with van der Waals surface area (Å²) in [5.74, 6) is -1.04. The lowest BCUT2D eigenvalue weighted by molar-refractivity contribution is -0.147. The number of aromatic amines is 1. The number of ether oxygens (including phenoxy) is 2. The largest absolute Gasteiger partial charge is 0.464 e. The number of carbonyl (C=O) groups is 3. The fourth-order valence-electron chi connectivity index (χ4n) is 3.84. The molecule has 3 aromatic rings. The number of nitrogens with one attached hydrogen (secondary N) is 3. The van der Waals surface area contributed by atoms with Crippen LogP contribution in [0.3, 0.4) is 0 Å². The number of hydrogen-bond acceptors (Lipinski definition) is 9. The third-order valence-corrected chi connectivity index (χ3v) is 6.66. The van der Waals surface area contributed by atoms with E-state index in [9.17, 15) is 14.4 Å². The van der Waals surface area contributed by atoms with Crippen LogP contribution in [0, 0.1) is 12.8 Å². The molecule has 1 unspecified atom stereocenters. The first-order valence-corrected chi connectivity index (χ1v) is 13.8. The number of nitrogens with two attached hydrogens (primary N) is 1. The van der Waals surface area contributed by atoms with Gasteiger partial charge in [-0.3, -0.25) is 14.4 Å². The van der Waals surface area contributed by atoms with Crippen LogP contribution in [0.5, 0.6) is 0 Å². The molecule has 2 heterocycles. The predicted molar refractivity (Wildman–Crippen MR) is 156 cm³/mol. The monoisotopic (exact) mass is 584 g/mol. The van der Waals surface area contributed by atoms with E-state index in [-0.39, 0.29) is 36.8 Å². The Hall–Kier alpha value is -3.96. The van der Waals surface area contributed by atoms with Crippen LogP contribution >= 0.6 is 11.6 Å². The Labute approximate surface area is 244 Å². The van der Waals surface area contributed by atoms with E-state index >= 15 is 0 Å². The van der Waals surface area contributed by atoms with Gasteiger partial charge in [0.25, 0.3) is 5.91 Å². The second-order valence-corrected chi connectivity index (χ2v) is 10.5.